The van der Waals surface area contributed by atoms with Crippen molar-refractivity contribution in [3.8, 4) is 5.88 Å². The van der Waals surface area contributed by atoms with E-state index in [-0.39, 0.29) is 12.0 Å². The molecule has 1 aliphatic heterocycles. The molecule has 1 fully saturated rings. The molecule has 6 nitrogen and oxygen atoms in total. The van der Waals surface area contributed by atoms with Crippen molar-refractivity contribution in [3.63, 3.8) is 0 Å². The van der Waals surface area contributed by atoms with Gasteiger partial charge in [-0.15, -0.1) is 0 Å². The summed E-state index contributed by atoms with van der Waals surface area (Å²) in [5, 5.41) is 0. The van der Waals surface area contributed by atoms with Crippen LogP contribution in [0.4, 0.5) is 5.82 Å². The third-order valence-corrected chi connectivity index (χ3v) is 3.22. The van der Waals surface area contributed by atoms with E-state index < -0.39 is 0 Å². The van der Waals surface area contributed by atoms with Gasteiger partial charge < -0.3 is 14.9 Å². The van der Waals surface area contributed by atoms with Crippen molar-refractivity contribution in [2.24, 2.45) is 5.84 Å². The minimum absolute atomic E-state index is 0.160. The Labute approximate surface area is 113 Å². The zero-order valence-electron chi connectivity index (χ0n) is 11.8. The Morgan fingerprint density at radius 2 is 2.00 bits per heavy atom. The van der Waals surface area contributed by atoms with Gasteiger partial charge in [0.2, 0.25) is 5.88 Å². The number of hydrogen-bond donors (Lipinski definition) is 2. The minimum atomic E-state index is 0.160. The normalized spacial score (nSPS) is 16.7. The highest BCUT2D eigenvalue weighted by atomic mass is 16.5. The van der Waals surface area contributed by atoms with Crippen LogP contribution in [0.25, 0.3) is 0 Å². The molecule has 0 bridgehead atoms. The van der Waals surface area contributed by atoms with Gasteiger partial charge in [0, 0.05) is 18.8 Å². The van der Waals surface area contributed by atoms with Crippen molar-refractivity contribution in [2.45, 2.75) is 45.6 Å². The average Bonchev–Trinajstić information content (AvgIpc) is 2.42. The van der Waals surface area contributed by atoms with Crippen molar-refractivity contribution in [2.75, 3.05) is 18.6 Å². The Bertz CT molecular complexity index is 431. The fourth-order valence-corrected chi connectivity index (χ4v) is 1.98. The lowest BCUT2D eigenvalue weighted by atomic mass is 10.1. The molecule has 1 aromatic heterocycles. The van der Waals surface area contributed by atoms with Gasteiger partial charge in [0.05, 0.1) is 18.8 Å². The maximum atomic E-state index is 5.99. The smallest absolute Gasteiger partial charge is 0.222 e. The molecule has 19 heavy (non-hydrogen) atoms. The molecule has 0 radical (unpaired) electrons. The number of nitrogens with zero attached hydrogens (tertiary/aromatic N) is 2. The molecule has 2 heterocycles. The molecule has 0 atom stereocenters. The van der Waals surface area contributed by atoms with Crippen LogP contribution in [-0.2, 0) is 4.74 Å². The number of hydrazine groups is 1. The van der Waals surface area contributed by atoms with E-state index >= 15 is 0 Å². The first-order valence-electron chi connectivity index (χ1n) is 6.71. The lowest BCUT2D eigenvalue weighted by molar-refractivity contribution is 0.0233. The molecule has 0 spiro atoms. The summed E-state index contributed by atoms with van der Waals surface area (Å²) in [4.78, 5) is 8.90. The van der Waals surface area contributed by atoms with Crippen LogP contribution in [-0.4, -0.2) is 29.3 Å². The fraction of sp³-hybridized carbons (Fsp3) is 0.692. The third kappa shape index (κ3) is 3.33. The second-order valence-electron chi connectivity index (χ2n) is 5.09. The summed E-state index contributed by atoms with van der Waals surface area (Å²) in [6, 6.07) is 0. The third-order valence-electron chi connectivity index (χ3n) is 3.22. The lowest BCUT2D eigenvalue weighted by Gasteiger charge is -2.24. The second kappa shape index (κ2) is 6.16. The Morgan fingerprint density at radius 1 is 1.32 bits per heavy atom. The molecule has 6 heteroatoms. The summed E-state index contributed by atoms with van der Waals surface area (Å²) >= 11 is 0. The number of aromatic nitrogens is 2. The lowest BCUT2D eigenvalue weighted by Crippen LogP contribution is -2.27. The van der Waals surface area contributed by atoms with Crippen molar-refractivity contribution in [3.05, 3.63) is 11.4 Å². The van der Waals surface area contributed by atoms with Crippen molar-refractivity contribution < 1.29 is 9.47 Å². The molecule has 1 saturated heterocycles. The first kappa shape index (κ1) is 14.0. The van der Waals surface area contributed by atoms with Crippen LogP contribution in [0, 0.1) is 6.92 Å². The quantitative estimate of drug-likeness (QED) is 0.638. The van der Waals surface area contributed by atoms with Crippen LogP contribution in [0.15, 0.2) is 0 Å². The van der Waals surface area contributed by atoms with Crippen LogP contribution in [0.2, 0.25) is 0 Å². The molecular formula is C13H22N4O2. The van der Waals surface area contributed by atoms with E-state index in [2.05, 4.69) is 15.4 Å². The number of rotatable bonds is 4. The van der Waals surface area contributed by atoms with Gasteiger partial charge in [0.25, 0.3) is 0 Å². The highest BCUT2D eigenvalue weighted by Gasteiger charge is 2.20. The minimum Gasteiger partial charge on any atom is -0.474 e. The largest absolute Gasteiger partial charge is 0.474 e. The first-order valence-corrected chi connectivity index (χ1v) is 6.71. The topological polar surface area (TPSA) is 82.3 Å². The van der Waals surface area contributed by atoms with Gasteiger partial charge in [0.15, 0.2) is 0 Å². The number of nitrogens with two attached hydrogens (primary N) is 1. The zero-order valence-corrected chi connectivity index (χ0v) is 11.8. The highest BCUT2D eigenvalue weighted by molar-refractivity contribution is 5.47. The van der Waals surface area contributed by atoms with Crippen LogP contribution >= 0.6 is 0 Å². The number of ether oxygens (including phenoxy) is 2. The maximum Gasteiger partial charge on any atom is 0.222 e. The highest BCUT2D eigenvalue weighted by Crippen LogP contribution is 2.26. The zero-order chi connectivity index (χ0) is 13.8. The molecule has 0 amide bonds. The second-order valence-corrected chi connectivity index (χ2v) is 5.09. The Hall–Kier alpha value is -1.40. The van der Waals surface area contributed by atoms with E-state index in [9.17, 15) is 0 Å². The molecule has 0 saturated carbocycles. The van der Waals surface area contributed by atoms with E-state index in [1.807, 2.05) is 20.8 Å². The standard InChI is InChI=1S/C13H22N4O2/c1-8(2)11-15-12(17-14)9(3)13(16-11)19-10-4-6-18-7-5-10/h8,10H,4-7,14H2,1-3H3,(H,15,16,17). The molecule has 106 valence electrons. The SMILES string of the molecule is Cc1c(NN)nc(C(C)C)nc1OC1CCOCC1. The van der Waals surface area contributed by atoms with Gasteiger partial charge in [0.1, 0.15) is 17.7 Å². The molecule has 1 aliphatic rings. The summed E-state index contributed by atoms with van der Waals surface area (Å²) in [7, 11) is 0. The summed E-state index contributed by atoms with van der Waals surface area (Å²) in [6.07, 6.45) is 1.95. The predicted octanol–water partition coefficient (Wildman–Crippen LogP) is 1.75. The number of nitrogen functional groups attached to an aromatic ring is 1. The summed E-state index contributed by atoms with van der Waals surface area (Å²) < 4.78 is 11.3. The fourth-order valence-electron chi connectivity index (χ4n) is 1.98. The molecule has 1 aromatic rings. The molecular weight excluding hydrogens is 244 g/mol. The maximum absolute atomic E-state index is 5.99. The molecule has 2 rings (SSSR count). The number of hydrogen-bond acceptors (Lipinski definition) is 6. The average molecular weight is 266 g/mol. The molecule has 0 unspecified atom stereocenters. The number of anilines is 1. The Kier molecular flexibility index (Phi) is 4.55. The molecule has 0 aromatic carbocycles. The molecule has 0 aliphatic carbocycles. The van der Waals surface area contributed by atoms with Crippen molar-refractivity contribution in [1.82, 2.24) is 9.97 Å². The van der Waals surface area contributed by atoms with Crippen molar-refractivity contribution >= 4 is 5.82 Å². The first-order chi connectivity index (χ1) is 9.11. The monoisotopic (exact) mass is 266 g/mol. The van der Waals surface area contributed by atoms with Gasteiger partial charge >= 0.3 is 0 Å². The Morgan fingerprint density at radius 3 is 2.58 bits per heavy atom. The van der Waals surface area contributed by atoms with Gasteiger partial charge in [-0.05, 0) is 6.92 Å². The van der Waals surface area contributed by atoms with E-state index in [0.29, 0.717) is 11.7 Å². The predicted molar refractivity (Wildman–Crippen MR) is 73.1 cm³/mol. The van der Waals surface area contributed by atoms with Crippen molar-refractivity contribution in [1.29, 1.82) is 0 Å². The summed E-state index contributed by atoms with van der Waals surface area (Å²) in [5.41, 5.74) is 3.46. The van der Waals surface area contributed by atoms with Gasteiger partial charge in [-0.1, -0.05) is 13.8 Å². The van der Waals surface area contributed by atoms with Gasteiger partial charge in [-0.3, -0.25) is 0 Å². The molecule has 3 N–H and O–H groups in total. The van der Waals surface area contributed by atoms with Crippen LogP contribution < -0.4 is 16.0 Å². The number of nitrogens with one attached hydrogen (secondary N) is 1. The van der Waals surface area contributed by atoms with E-state index in [1.165, 1.54) is 0 Å². The van der Waals surface area contributed by atoms with E-state index in [4.69, 9.17) is 15.3 Å². The van der Waals surface area contributed by atoms with Crippen LogP contribution in [0.3, 0.4) is 0 Å². The Balaban J connectivity index is 2.24. The van der Waals surface area contributed by atoms with Gasteiger partial charge in [-0.25, -0.2) is 10.8 Å². The summed E-state index contributed by atoms with van der Waals surface area (Å²) in [5.74, 6) is 7.72. The van der Waals surface area contributed by atoms with Crippen LogP contribution in [0.5, 0.6) is 5.88 Å². The van der Waals surface area contributed by atoms with E-state index in [0.717, 1.165) is 37.4 Å². The van der Waals surface area contributed by atoms with Gasteiger partial charge in [-0.2, -0.15) is 4.98 Å². The summed E-state index contributed by atoms with van der Waals surface area (Å²) in [6.45, 7) is 7.49. The van der Waals surface area contributed by atoms with Crippen LogP contribution in [0.1, 0.15) is 44.0 Å². The van der Waals surface area contributed by atoms with E-state index in [1.54, 1.807) is 0 Å².